The summed E-state index contributed by atoms with van der Waals surface area (Å²) in [6.45, 7) is 5.17. The SMILES string of the molecule is FN1C(N2CCOCC2)c2c(ccc3cccnc23)N1N1CCOCC1. The zero-order chi connectivity index (χ0) is 17.5. The second-order valence-corrected chi connectivity index (χ2v) is 6.74. The van der Waals surface area contributed by atoms with Crippen molar-refractivity contribution in [1.29, 1.82) is 0 Å². The van der Waals surface area contributed by atoms with Crippen molar-refractivity contribution in [1.82, 2.24) is 20.1 Å². The van der Waals surface area contributed by atoms with Gasteiger partial charge in [-0.3, -0.25) is 9.88 Å². The van der Waals surface area contributed by atoms with E-state index >= 15 is 4.48 Å². The summed E-state index contributed by atoms with van der Waals surface area (Å²) in [5.41, 5.74) is 2.65. The minimum absolute atomic E-state index is 0.490. The molecule has 2 aromatic rings. The molecular formula is C18H22FN5O2. The third-order valence-electron chi connectivity index (χ3n) is 5.29. The summed E-state index contributed by atoms with van der Waals surface area (Å²) in [7, 11) is 0. The van der Waals surface area contributed by atoms with Gasteiger partial charge in [0.1, 0.15) is 6.17 Å². The van der Waals surface area contributed by atoms with Crippen LogP contribution in [0.5, 0.6) is 0 Å². The van der Waals surface area contributed by atoms with E-state index < -0.39 is 6.17 Å². The number of hydrogen-bond donors (Lipinski definition) is 0. The first-order chi connectivity index (χ1) is 12.8. The molecule has 4 heterocycles. The van der Waals surface area contributed by atoms with E-state index in [0.717, 1.165) is 27.4 Å². The summed E-state index contributed by atoms with van der Waals surface area (Å²) in [5, 5.41) is 5.57. The number of nitrogens with zero attached hydrogens (tertiary/aromatic N) is 5. The van der Waals surface area contributed by atoms with Gasteiger partial charge in [0.2, 0.25) is 0 Å². The summed E-state index contributed by atoms with van der Waals surface area (Å²) in [5.74, 6) is 0. The summed E-state index contributed by atoms with van der Waals surface area (Å²) in [6.07, 6.45) is 1.29. The number of hydrazine groups is 2. The Kier molecular flexibility index (Phi) is 4.22. The third-order valence-corrected chi connectivity index (χ3v) is 5.29. The van der Waals surface area contributed by atoms with Crippen LogP contribution in [0.4, 0.5) is 10.2 Å². The number of rotatable bonds is 2. The van der Waals surface area contributed by atoms with Gasteiger partial charge in [0.05, 0.1) is 37.6 Å². The van der Waals surface area contributed by atoms with Crippen LogP contribution in [0.3, 0.4) is 0 Å². The number of hydrogen-bond acceptors (Lipinski definition) is 7. The highest BCUT2D eigenvalue weighted by Gasteiger charge is 2.45. The number of anilines is 1. The maximum absolute atomic E-state index is 15.7. The highest BCUT2D eigenvalue weighted by atomic mass is 19.2. The Morgan fingerprint density at radius 1 is 0.962 bits per heavy atom. The zero-order valence-electron chi connectivity index (χ0n) is 14.6. The van der Waals surface area contributed by atoms with E-state index in [9.17, 15) is 0 Å². The lowest BCUT2D eigenvalue weighted by Crippen LogP contribution is -2.55. The molecule has 1 unspecified atom stereocenters. The lowest BCUT2D eigenvalue weighted by molar-refractivity contribution is -0.151. The average Bonchev–Trinajstić information content (AvgIpc) is 3.01. The number of ether oxygens (including phenoxy) is 2. The Labute approximate surface area is 151 Å². The van der Waals surface area contributed by atoms with Crippen LogP contribution in [0, 0.1) is 0 Å². The zero-order valence-corrected chi connectivity index (χ0v) is 14.6. The van der Waals surface area contributed by atoms with Crippen molar-refractivity contribution in [2.75, 3.05) is 57.7 Å². The molecule has 1 aromatic carbocycles. The first-order valence-corrected chi connectivity index (χ1v) is 9.12. The molecule has 2 fully saturated rings. The van der Waals surface area contributed by atoms with Gasteiger partial charge >= 0.3 is 0 Å². The van der Waals surface area contributed by atoms with Crippen molar-refractivity contribution in [2.45, 2.75) is 6.17 Å². The molecule has 5 rings (SSSR count). The Morgan fingerprint density at radius 2 is 1.69 bits per heavy atom. The normalized spacial score (nSPS) is 25.7. The summed E-state index contributed by atoms with van der Waals surface area (Å²) >= 11 is 0. The topological polar surface area (TPSA) is 44.3 Å². The van der Waals surface area contributed by atoms with Crippen LogP contribution >= 0.6 is 0 Å². The fourth-order valence-electron chi connectivity index (χ4n) is 4.05. The van der Waals surface area contributed by atoms with E-state index in [0.29, 0.717) is 52.6 Å². The molecule has 1 atom stereocenters. The molecule has 0 aliphatic carbocycles. The van der Waals surface area contributed by atoms with Gasteiger partial charge < -0.3 is 9.47 Å². The van der Waals surface area contributed by atoms with Crippen molar-refractivity contribution in [2.24, 2.45) is 0 Å². The van der Waals surface area contributed by atoms with E-state index in [1.54, 1.807) is 11.3 Å². The molecule has 7 nitrogen and oxygen atoms in total. The Balaban J connectivity index is 1.63. The number of aromatic nitrogens is 1. The lowest BCUT2D eigenvalue weighted by atomic mass is 10.1. The van der Waals surface area contributed by atoms with Crippen molar-refractivity contribution in [3.8, 4) is 0 Å². The molecule has 0 N–H and O–H groups in total. The quantitative estimate of drug-likeness (QED) is 0.757. The minimum atomic E-state index is -0.490. The number of benzene rings is 1. The summed E-state index contributed by atoms with van der Waals surface area (Å²) in [6, 6.07) is 7.96. The van der Waals surface area contributed by atoms with Crippen LogP contribution in [0.1, 0.15) is 11.7 Å². The average molecular weight is 359 g/mol. The number of pyridine rings is 1. The standard InChI is InChI=1S/C18H22FN5O2/c19-23-18(21-6-10-25-11-7-21)16-15(24(23)22-8-12-26-13-9-22)4-3-14-2-1-5-20-17(14)16/h1-5,18H,6-13H2. The van der Waals surface area contributed by atoms with Crippen LogP contribution < -0.4 is 5.12 Å². The molecule has 8 heteroatoms. The number of morpholine rings is 2. The van der Waals surface area contributed by atoms with Crippen LogP contribution in [0.15, 0.2) is 30.5 Å². The van der Waals surface area contributed by atoms with Gasteiger partial charge in [-0.1, -0.05) is 12.1 Å². The van der Waals surface area contributed by atoms with E-state index in [2.05, 4.69) is 9.88 Å². The fourth-order valence-corrected chi connectivity index (χ4v) is 4.05. The van der Waals surface area contributed by atoms with Crippen LogP contribution in [0.25, 0.3) is 10.9 Å². The summed E-state index contributed by atoms with van der Waals surface area (Å²) in [4.78, 5) is 6.73. The van der Waals surface area contributed by atoms with Crippen LogP contribution in [-0.2, 0) is 9.47 Å². The Hall–Kier alpha value is -1.84. The van der Waals surface area contributed by atoms with Crippen molar-refractivity contribution in [3.63, 3.8) is 0 Å². The molecule has 0 saturated carbocycles. The lowest BCUT2D eigenvalue weighted by Gasteiger charge is -2.40. The summed E-state index contributed by atoms with van der Waals surface area (Å²) < 4.78 is 26.6. The maximum Gasteiger partial charge on any atom is 0.145 e. The highest BCUT2D eigenvalue weighted by Crippen LogP contribution is 2.46. The fraction of sp³-hybridized carbons (Fsp3) is 0.500. The Morgan fingerprint density at radius 3 is 2.46 bits per heavy atom. The van der Waals surface area contributed by atoms with Gasteiger partial charge in [0.25, 0.3) is 0 Å². The van der Waals surface area contributed by atoms with Gasteiger partial charge in [0.15, 0.2) is 0 Å². The van der Waals surface area contributed by atoms with E-state index in [-0.39, 0.29) is 0 Å². The van der Waals surface area contributed by atoms with E-state index in [1.165, 1.54) is 0 Å². The highest BCUT2D eigenvalue weighted by molar-refractivity contribution is 5.88. The predicted molar refractivity (Wildman–Crippen MR) is 94.7 cm³/mol. The second-order valence-electron chi connectivity index (χ2n) is 6.74. The molecule has 0 amide bonds. The van der Waals surface area contributed by atoms with Gasteiger partial charge in [-0.2, -0.15) is 5.01 Å². The first-order valence-electron chi connectivity index (χ1n) is 9.12. The molecule has 3 aliphatic heterocycles. The van der Waals surface area contributed by atoms with Gasteiger partial charge in [0, 0.05) is 43.3 Å². The molecule has 1 aromatic heterocycles. The molecule has 138 valence electrons. The minimum Gasteiger partial charge on any atom is -0.379 e. The number of fused-ring (bicyclic) bond motifs is 3. The van der Waals surface area contributed by atoms with Gasteiger partial charge in [-0.25, -0.2) is 5.12 Å². The number of halogens is 1. The predicted octanol–water partition coefficient (Wildman–Crippen LogP) is 1.73. The molecule has 0 radical (unpaired) electrons. The smallest absolute Gasteiger partial charge is 0.145 e. The molecule has 26 heavy (non-hydrogen) atoms. The van der Waals surface area contributed by atoms with E-state index in [1.807, 2.05) is 29.3 Å². The third kappa shape index (κ3) is 2.57. The maximum atomic E-state index is 15.7. The molecule has 2 saturated heterocycles. The first kappa shape index (κ1) is 16.3. The van der Waals surface area contributed by atoms with E-state index in [4.69, 9.17) is 9.47 Å². The van der Waals surface area contributed by atoms with Gasteiger partial charge in [-0.15, -0.1) is 4.48 Å². The van der Waals surface area contributed by atoms with Crippen molar-refractivity contribution in [3.05, 3.63) is 36.0 Å². The monoisotopic (exact) mass is 359 g/mol. The Bertz CT molecular complexity index is 794. The molecule has 0 bridgehead atoms. The van der Waals surface area contributed by atoms with Crippen molar-refractivity contribution < 1.29 is 14.0 Å². The van der Waals surface area contributed by atoms with Crippen molar-refractivity contribution >= 4 is 16.6 Å². The van der Waals surface area contributed by atoms with Crippen LogP contribution in [-0.4, -0.2) is 72.7 Å². The molecule has 3 aliphatic rings. The largest absolute Gasteiger partial charge is 0.379 e. The van der Waals surface area contributed by atoms with Gasteiger partial charge in [-0.05, 0) is 17.4 Å². The van der Waals surface area contributed by atoms with Crippen LogP contribution in [0.2, 0.25) is 0 Å². The molecular weight excluding hydrogens is 337 g/mol. The molecule has 0 spiro atoms. The second kappa shape index (κ2) is 6.71.